The van der Waals surface area contributed by atoms with E-state index in [1.807, 2.05) is 5.38 Å². The molecule has 1 atom stereocenters. The minimum absolute atomic E-state index is 0.210. The highest BCUT2D eigenvalue weighted by molar-refractivity contribution is 7.09. The van der Waals surface area contributed by atoms with E-state index in [-0.39, 0.29) is 13.1 Å². The average Bonchev–Trinajstić information content (AvgIpc) is 3.14. The lowest BCUT2D eigenvalue weighted by molar-refractivity contribution is -0.272. The topological polar surface area (TPSA) is 58.4 Å². The Hall–Kier alpha value is -1.87. The Kier molecular flexibility index (Phi) is 5.34. The molecular weight excluding hydrogens is 343 g/mol. The van der Waals surface area contributed by atoms with Gasteiger partial charge >= 0.3 is 6.18 Å². The summed E-state index contributed by atoms with van der Waals surface area (Å²) in [5.41, 5.74) is -3.33. The van der Waals surface area contributed by atoms with Crippen molar-refractivity contribution in [3.8, 4) is 0 Å². The smallest absolute Gasteiger partial charge is 0.374 e. The summed E-state index contributed by atoms with van der Waals surface area (Å²) in [6.07, 6.45) is -3.69. The number of rotatable bonds is 6. The van der Waals surface area contributed by atoms with Gasteiger partial charge in [-0.2, -0.15) is 13.2 Å². The minimum Gasteiger partial charge on any atom is -0.374 e. The number of hydrogen-bond acceptors (Lipinski definition) is 4. The van der Waals surface area contributed by atoms with Crippen molar-refractivity contribution in [3.05, 3.63) is 40.6 Å². The van der Waals surface area contributed by atoms with Gasteiger partial charge in [-0.3, -0.25) is 4.79 Å². The molecule has 5 nitrogen and oxygen atoms in total. The van der Waals surface area contributed by atoms with E-state index in [1.54, 1.807) is 19.1 Å². The maximum atomic E-state index is 13.5. The SMILES string of the molecule is CCN(Cc1cccs1)C(=O)CC(O)(c1nccn1C)C(F)(F)F. The summed E-state index contributed by atoms with van der Waals surface area (Å²) in [4.78, 5) is 18.1. The van der Waals surface area contributed by atoms with E-state index in [4.69, 9.17) is 0 Å². The molecule has 1 N–H and O–H groups in total. The molecule has 0 aromatic carbocycles. The van der Waals surface area contributed by atoms with Crippen molar-refractivity contribution in [1.29, 1.82) is 0 Å². The van der Waals surface area contributed by atoms with Crippen LogP contribution in [-0.2, 0) is 24.0 Å². The van der Waals surface area contributed by atoms with Crippen LogP contribution in [-0.4, -0.2) is 38.2 Å². The van der Waals surface area contributed by atoms with Crippen LogP contribution in [0.4, 0.5) is 13.2 Å². The van der Waals surface area contributed by atoms with Gasteiger partial charge < -0.3 is 14.6 Å². The largest absolute Gasteiger partial charge is 0.425 e. The van der Waals surface area contributed by atoms with Crippen LogP contribution >= 0.6 is 11.3 Å². The highest BCUT2D eigenvalue weighted by atomic mass is 32.1. The predicted octanol–water partition coefficient (Wildman–Crippen LogP) is 2.67. The van der Waals surface area contributed by atoms with E-state index in [2.05, 4.69) is 4.98 Å². The molecule has 132 valence electrons. The maximum Gasteiger partial charge on any atom is 0.425 e. The van der Waals surface area contributed by atoms with Gasteiger partial charge in [-0.1, -0.05) is 6.07 Å². The third kappa shape index (κ3) is 3.62. The van der Waals surface area contributed by atoms with Gasteiger partial charge in [0.1, 0.15) is 0 Å². The van der Waals surface area contributed by atoms with Crippen LogP contribution < -0.4 is 0 Å². The highest BCUT2D eigenvalue weighted by Gasteiger charge is 2.58. The number of carbonyl (C=O) groups excluding carboxylic acids is 1. The van der Waals surface area contributed by atoms with Crippen molar-refractivity contribution in [2.45, 2.75) is 31.7 Å². The zero-order valence-electron chi connectivity index (χ0n) is 13.2. The first-order chi connectivity index (χ1) is 11.2. The lowest BCUT2D eigenvalue weighted by Gasteiger charge is -2.31. The highest BCUT2D eigenvalue weighted by Crippen LogP contribution is 2.41. The van der Waals surface area contributed by atoms with E-state index in [9.17, 15) is 23.1 Å². The third-order valence-electron chi connectivity index (χ3n) is 3.73. The van der Waals surface area contributed by atoms with Crippen molar-refractivity contribution >= 4 is 17.2 Å². The van der Waals surface area contributed by atoms with Crippen LogP contribution in [0.15, 0.2) is 29.9 Å². The zero-order valence-corrected chi connectivity index (χ0v) is 14.1. The second kappa shape index (κ2) is 6.94. The van der Waals surface area contributed by atoms with E-state index >= 15 is 0 Å². The Bertz CT molecular complexity index is 684. The fourth-order valence-electron chi connectivity index (χ4n) is 2.37. The van der Waals surface area contributed by atoms with Gasteiger partial charge in [0.25, 0.3) is 0 Å². The summed E-state index contributed by atoms with van der Waals surface area (Å²) in [5.74, 6) is -1.38. The molecule has 24 heavy (non-hydrogen) atoms. The number of hydrogen-bond donors (Lipinski definition) is 1. The standard InChI is InChI=1S/C15H18F3N3O2S/c1-3-21(10-11-5-4-8-24-11)12(22)9-14(23,15(16,17)18)13-19-6-7-20(13)2/h4-8,23H,3,9-10H2,1-2H3. The lowest BCUT2D eigenvalue weighted by Crippen LogP contribution is -2.48. The number of aromatic nitrogens is 2. The first-order valence-electron chi connectivity index (χ1n) is 7.26. The quantitative estimate of drug-likeness (QED) is 0.861. The number of alkyl halides is 3. The molecule has 0 spiro atoms. The Morgan fingerprint density at radius 3 is 2.62 bits per heavy atom. The molecule has 9 heteroatoms. The molecule has 2 aromatic heterocycles. The van der Waals surface area contributed by atoms with E-state index in [0.717, 1.165) is 15.6 Å². The molecule has 0 fully saturated rings. The zero-order chi connectivity index (χ0) is 18.0. The lowest BCUT2D eigenvalue weighted by atomic mass is 9.96. The van der Waals surface area contributed by atoms with Crippen LogP contribution in [0.25, 0.3) is 0 Å². The Morgan fingerprint density at radius 1 is 1.46 bits per heavy atom. The van der Waals surface area contributed by atoms with E-state index in [0.29, 0.717) is 0 Å². The van der Waals surface area contributed by atoms with Crippen LogP contribution in [0.3, 0.4) is 0 Å². The summed E-state index contributed by atoms with van der Waals surface area (Å²) >= 11 is 1.41. The number of nitrogens with zero attached hydrogens (tertiary/aromatic N) is 3. The Labute approximate surface area is 141 Å². The Morgan fingerprint density at radius 2 is 2.17 bits per heavy atom. The van der Waals surface area contributed by atoms with Gasteiger partial charge in [-0.15, -0.1) is 11.3 Å². The monoisotopic (exact) mass is 361 g/mol. The van der Waals surface area contributed by atoms with E-state index < -0.39 is 29.9 Å². The number of aryl methyl sites for hydroxylation is 1. The molecule has 0 bridgehead atoms. The number of carbonyl (C=O) groups is 1. The van der Waals surface area contributed by atoms with Crippen LogP contribution in [0.2, 0.25) is 0 Å². The summed E-state index contributed by atoms with van der Waals surface area (Å²) < 4.78 is 41.5. The van der Waals surface area contributed by atoms with Gasteiger partial charge in [-0.25, -0.2) is 4.98 Å². The minimum atomic E-state index is -5.02. The number of aliphatic hydroxyl groups is 1. The number of imidazole rings is 1. The second-order valence-electron chi connectivity index (χ2n) is 5.38. The summed E-state index contributed by atoms with van der Waals surface area (Å²) in [5, 5.41) is 12.1. The fourth-order valence-corrected chi connectivity index (χ4v) is 3.09. The molecule has 0 aliphatic rings. The molecule has 0 aliphatic heterocycles. The molecule has 2 rings (SSSR count). The van der Waals surface area contributed by atoms with Crippen LogP contribution in [0, 0.1) is 0 Å². The normalized spacial score (nSPS) is 14.4. The first-order valence-corrected chi connectivity index (χ1v) is 8.14. The van der Waals surface area contributed by atoms with Crippen molar-refractivity contribution in [2.24, 2.45) is 7.05 Å². The van der Waals surface area contributed by atoms with E-state index in [1.165, 1.54) is 29.5 Å². The molecule has 1 unspecified atom stereocenters. The first kappa shape index (κ1) is 18.5. The van der Waals surface area contributed by atoms with Gasteiger partial charge in [-0.05, 0) is 18.4 Å². The van der Waals surface area contributed by atoms with Gasteiger partial charge in [0, 0.05) is 30.9 Å². The fraction of sp³-hybridized carbons (Fsp3) is 0.467. The summed E-state index contributed by atoms with van der Waals surface area (Å²) in [6.45, 7) is 2.13. The van der Waals surface area contributed by atoms with Crippen molar-refractivity contribution in [2.75, 3.05) is 6.54 Å². The molecule has 0 saturated heterocycles. The number of thiophene rings is 1. The molecule has 2 aromatic rings. The van der Waals surface area contributed by atoms with Crippen LogP contribution in [0.5, 0.6) is 0 Å². The predicted molar refractivity (Wildman–Crippen MR) is 83.2 cm³/mol. The van der Waals surface area contributed by atoms with Crippen molar-refractivity contribution in [3.63, 3.8) is 0 Å². The number of amides is 1. The maximum absolute atomic E-state index is 13.5. The van der Waals surface area contributed by atoms with Crippen LogP contribution in [0.1, 0.15) is 24.0 Å². The van der Waals surface area contributed by atoms with Crippen molar-refractivity contribution in [1.82, 2.24) is 14.5 Å². The molecule has 2 heterocycles. The third-order valence-corrected chi connectivity index (χ3v) is 4.59. The average molecular weight is 361 g/mol. The second-order valence-corrected chi connectivity index (χ2v) is 6.42. The molecule has 1 amide bonds. The van der Waals surface area contributed by atoms with Gasteiger partial charge in [0.05, 0.1) is 13.0 Å². The summed E-state index contributed by atoms with van der Waals surface area (Å²) in [7, 11) is 1.34. The molecule has 0 saturated carbocycles. The van der Waals surface area contributed by atoms with Gasteiger partial charge in [0.15, 0.2) is 5.82 Å². The Balaban J connectivity index is 2.26. The molecule has 0 aliphatic carbocycles. The molecular formula is C15H18F3N3O2S. The van der Waals surface area contributed by atoms with Gasteiger partial charge in [0.2, 0.25) is 11.5 Å². The van der Waals surface area contributed by atoms with Crippen molar-refractivity contribution < 1.29 is 23.1 Å². The summed E-state index contributed by atoms with van der Waals surface area (Å²) in [6, 6.07) is 3.60. The number of halogens is 3. The molecule has 0 radical (unpaired) electrons.